The predicted molar refractivity (Wildman–Crippen MR) is 81.1 cm³/mol. The molecule has 3 nitrogen and oxygen atoms in total. The maximum Gasteiger partial charge on any atom is 0.224 e. The summed E-state index contributed by atoms with van der Waals surface area (Å²) in [5.41, 5.74) is 4.01. The van der Waals surface area contributed by atoms with E-state index in [-0.39, 0.29) is 5.91 Å². The number of rotatable bonds is 3. The first kappa shape index (κ1) is 13.3. The number of hydrogen-bond acceptors (Lipinski definition) is 3. The first-order valence-electron chi connectivity index (χ1n) is 6.77. The van der Waals surface area contributed by atoms with Crippen LogP contribution in [0.25, 0.3) is 0 Å². The molecular formula is C16H17NO2S. The summed E-state index contributed by atoms with van der Waals surface area (Å²) < 4.78 is 0. The molecule has 20 heavy (non-hydrogen) atoms. The number of hydrogen-bond donors (Lipinski definition) is 2. The van der Waals surface area contributed by atoms with Gasteiger partial charge in [-0.25, -0.2) is 0 Å². The molecule has 1 amide bonds. The number of carbonyl (C=O) groups excluding carboxylic acids is 1. The zero-order chi connectivity index (χ0) is 14.1. The van der Waals surface area contributed by atoms with Crippen LogP contribution in [-0.4, -0.2) is 11.0 Å². The van der Waals surface area contributed by atoms with E-state index in [0.29, 0.717) is 12.8 Å². The lowest BCUT2D eigenvalue weighted by atomic mass is 9.94. The predicted octanol–water partition coefficient (Wildman–Crippen LogP) is 3.22. The normalized spacial score (nSPS) is 15.6. The number of benzene rings is 1. The van der Waals surface area contributed by atoms with Crippen LogP contribution < -0.4 is 5.32 Å². The third kappa shape index (κ3) is 2.62. The minimum Gasteiger partial charge on any atom is -0.388 e. The fraction of sp³-hybridized carbons (Fsp3) is 0.312. The Morgan fingerprint density at radius 3 is 3.00 bits per heavy atom. The van der Waals surface area contributed by atoms with E-state index in [1.807, 2.05) is 36.6 Å². The Morgan fingerprint density at radius 2 is 2.25 bits per heavy atom. The molecule has 0 saturated heterocycles. The second-order valence-electron chi connectivity index (χ2n) is 5.22. The van der Waals surface area contributed by atoms with Crippen molar-refractivity contribution in [2.75, 3.05) is 5.32 Å². The van der Waals surface area contributed by atoms with Gasteiger partial charge in [0.2, 0.25) is 5.91 Å². The van der Waals surface area contributed by atoms with Crippen molar-refractivity contribution in [3.05, 3.63) is 51.2 Å². The van der Waals surface area contributed by atoms with Gasteiger partial charge >= 0.3 is 0 Å². The van der Waals surface area contributed by atoms with Crippen molar-refractivity contribution < 1.29 is 9.90 Å². The molecule has 1 unspecified atom stereocenters. The van der Waals surface area contributed by atoms with Crippen molar-refractivity contribution in [2.24, 2.45) is 0 Å². The van der Waals surface area contributed by atoms with Crippen LogP contribution in [0.1, 0.15) is 34.1 Å². The second-order valence-corrected chi connectivity index (χ2v) is 6.25. The van der Waals surface area contributed by atoms with Gasteiger partial charge < -0.3 is 10.4 Å². The van der Waals surface area contributed by atoms with E-state index in [0.717, 1.165) is 28.8 Å². The number of aryl methyl sites for hydroxylation is 2. The molecule has 0 saturated carbocycles. The van der Waals surface area contributed by atoms with Crippen LogP contribution in [0, 0.1) is 6.92 Å². The Morgan fingerprint density at radius 1 is 1.40 bits per heavy atom. The number of fused-ring (bicyclic) bond motifs is 1. The van der Waals surface area contributed by atoms with Crippen molar-refractivity contribution in [3.63, 3.8) is 0 Å². The average molecular weight is 287 g/mol. The van der Waals surface area contributed by atoms with Crippen LogP contribution in [0.4, 0.5) is 5.69 Å². The second kappa shape index (κ2) is 5.38. The lowest BCUT2D eigenvalue weighted by Crippen LogP contribution is -2.20. The Balaban J connectivity index is 1.87. The highest BCUT2D eigenvalue weighted by Gasteiger charge is 2.19. The quantitative estimate of drug-likeness (QED) is 0.910. The molecule has 1 aromatic heterocycles. The minimum absolute atomic E-state index is 0.0764. The molecule has 0 bridgehead atoms. The molecule has 1 aromatic carbocycles. The number of amides is 1. The average Bonchev–Trinajstić information content (AvgIpc) is 2.92. The van der Waals surface area contributed by atoms with Crippen LogP contribution in [0.15, 0.2) is 29.6 Å². The van der Waals surface area contributed by atoms with Gasteiger partial charge in [-0.15, -0.1) is 11.3 Å². The van der Waals surface area contributed by atoms with Crippen LogP contribution >= 0.6 is 11.3 Å². The summed E-state index contributed by atoms with van der Waals surface area (Å²) >= 11 is 1.66. The van der Waals surface area contributed by atoms with E-state index in [1.165, 1.54) is 4.88 Å². The number of thiophene rings is 1. The molecular weight excluding hydrogens is 270 g/mol. The first-order valence-corrected chi connectivity index (χ1v) is 7.65. The van der Waals surface area contributed by atoms with Gasteiger partial charge in [-0.05, 0) is 41.5 Å². The van der Waals surface area contributed by atoms with Crippen LogP contribution in [-0.2, 0) is 17.6 Å². The molecule has 0 radical (unpaired) electrons. The third-order valence-corrected chi connectivity index (χ3v) is 4.58. The molecule has 3 rings (SSSR count). The van der Waals surface area contributed by atoms with E-state index in [2.05, 4.69) is 5.32 Å². The largest absolute Gasteiger partial charge is 0.388 e. The topological polar surface area (TPSA) is 49.3 Å². The zero-order valence-electron chi connectivity index (χ0n) is 11.3. The highest BCUT2D eigenvalue weighted by Crippen LogP contribution is 2.31. The number of aliphatic hydroxyl groups excluding tert-OH is 1. The molecule has 0 spiro atoms. The van der Waals surface area contributed by atoms with Crippen molar-refractivity contribution in [3.8, 4) is 0 Å². The van der Waals surface area contributed by atoms with Crippen molar-refractivity contribution in [2.45, 2.75) is 32.3 Å². The SMILES string of the molecule is Cc1cc(C(O)Cc2cccs2)cc2c1NC(=O)CC2. The molecule has 2 aromatic rings. The van der Waals surface area contributed by atoms with E-state index in [9.17, 15) is 9.90 Å². The van der Waals surface area contributed by atoms with Gasteiger partial charge in [-0.3, -0.25) is 4.79 Å². The summed E-state index contributed by atoms with van der Waals surface area (Å²) in [5, 5.41) is 15.3. The van der Waals surface area contributed by atoms with Crippen molar-refractivity contribution in [1.29, 1.82) is 0 Å². The standard InChI is InChI=1S/C16H17NO2S/c1-10-7-12(14(18)9-13-3-2-6-20-13)8-11-4-5-15(19)17-16(10)11/h2-3,6-8,14,18H,4-5,9H2,1H3,(H,17,19). The zero-order valence-corrected chi connectivity index (χ0v) is 12.2. The maximum atomic E-state index is 11.4. The summed E-state index contributed by atoms with van der Waals surface area (Å²) in [6.07, 6.45) is 1.43. The fourth-order valence-corrected chi connectivity index (χ4v) is 3.39. The van der Waals surface area contributed by atoms with E-state index >= 15 is 0 Å². The Kier molecular flexibility index (Phi) is 3.59. The van der Waals surface area contributed by atoms with E-state index in [4.69, 9.17) is 0 Å². The molecule has 2 heterocycles. The molecule has 104 valence electrons. The van der Waals surface area contributed by atoms with E-state index < -0.39 is 6.10 Å². The van der Waals surface area contributed by atoms with Gasteiger partial charge in [-0.2, -0.15) is 0 Å². The Labute approximate surface area is 122 Å². The summed E-state index contributed by atoms with van der Waals surface area (Å²) in [6, 6.07) is 8.04. The van der Waals surface area contributed by atoms with Gasteiger partial charge in [0.05, 0.1) is 6.10 Å². The molecule has 4 heteroatoms. The smallest absolute Gasteiger partial charge is 0.224 e. The summed E-state index contributed by atoms with van der Waals surface area (Å²) in [6.45, 7) is 1.98. The Hall–Kier alpha value is -1.65. The van der Waals surface area contributed by atoms with Crippen LogP contribution in [0.5, 0.6) is 0 Å². The molecule has 1 aliphatic rings. The first-order chi connectivity index (χ1) is 9.63. The van der Waals surface area contributed by atoms with Gasteiger partial charge in [0.15, 0.2) is 0 Å². The van der Waals surface area contributed by atoms with Gasteiger partial charge in [0, 0.05) is 23.4 Å². The monoisotopic (exact) mass is 287 g/mol. The van der Waals surface area contributed by atoms with Crippen LogP contribution in [0.2, 0.25) is 0 Å². The van der Waals surface area contributed by atoms with Crippen LogP contribution in [0.3, 0.4) is 0 Å². The summed E-state index contributed by atoms with van der Waals surface area (Å²) in [7, 11) is 0. The summed E-state index contributed by atoms with van der Waals surface area (Å²) in [5.74, 6) is 0.0764. The maximum absolute atomic E-state index is 11.4. The van der Waals surface area contributed by atoms with E-state index in [1.54, 1.807) is 11.3 Å². The number of anilines is 1. The molecule has 1 atom stereocenters. The highest BCUT2D eigenvalue weighted by atomic mass is 32.1. The number of carbonyl (C=O) groups is 1. The van der Waals surface area contributed by atoms with Gasteiger partial charge in [0.25, 0.3) is 0 Å². The fourth-order valence-electron chi connectivity index (χ4n) is 2.65. The summed E-state index contributed by atoms with van der Waals surface area (Å²) in [4.78, 5) is 12.6. The molecule has 2 N–H and O–H groups in total. The highest BCUT2D eigenvalue weighted by molar-refractivity contribution is 7.09. The number of aliphatic hydroxyl groups is 1. The van der Waals surface area contributed by atoms with Crippen molar-refractivity contribution >= 4 is 22.9 Å². The minimum atomic E-state index is -0.490. The van der Waals surface area contributed by atoms with Crippen molar-refractivity contribution in [1.82, 2.24) is 0 Å². The van der Waals surface area contributed by atoms with Gasteiger partial charge in [-0.1, -0.05) is 18.2 Å². The molecule has 0 aliphatic carbocycles. The Bertz CT molecular complexity index is 634. The third-order valence-electron chi connectivity index (χ3n) is 3.68. The van der Waals surface area contributed by atoms with Gasteiger partial charge in [0.1, 0.15) is 0 Å². The molecule has 0 fully saturated rings. The lowest BCUT2D eigenvalue weighted by Gasteiger charge is -2.21. The number of nitrogens with one attached hydrogen (secondary N) is 1. The lowest BCUT2D eigenvalue weighted by molar-refractivity contribution is -0.116. The molecule has 1 aliphatic heterocycles.